The minimum Gasteiger partial charge on any atom is -0.272 e. The minimum absolute atomic E-state index is 0.164. The van der Waals surface area contributed by atoms with Gasteiger partial charge in [0.15, 0.2) is 0 Å². The van der Waals surface area contributed by atoms with Gasteiger partial charge in [-0.25, -0.2) is 9.48 Å². The molecule has 0 amide bonds. The molecule has 0 aliphatic carbocycles. The lowest BCUT2D eigenvalue weighted by molar-refractivity contribution is 0.712. The number of hydrogen-bond acceptors (Lipinski definition) is 3. The van der Waals surface area contributed by atoms with Crippen molar-refractivity contribution < 1.29 is 0 Å². The SMILES string of the molecule is Cn1nc(SCl)n(C)c1=O. The molecule has 0 bridgehead atoms. The lowest BCUT2D eigenvalue weighted by Gasteiger charge is -1.86. The third kappa shape index (κ3) is 1.06. The lowest BCUT2D eigenvalue weighted by Crippen LogP contribution is -2.20. The molecule has 1 heterocycles. The fourth-order valence-electron chi connectivity index (χ4n) is 0.604. The van der Waals surface area contributed by atoms with E-state index in [0.717, 1.165) is 11.0 Å². The standard InChI is InChI=1S/C4H6ClN3OS/c1-7-3(10-5)6-8(2)4(7)9/h1-2H3. The van der Waals surface area contributed by atoms with E-state index in [4.69, 9.17) is 10.7 Å². The summed E-state index contributed by atoms with van der Waals surface area (Å²) < 4.78 is 2.63. The zero-order valence-corrected chi connectivity index (χ0v) is 7.11. The quantitative estimate of drug-likeness (QED) is 0.625. The van der Waals surface area contributed by atoms with E-state index in [1.807, 2.05) is 0 Å². The van der Waals surface area contributed by atoms with E-state index in [1.54, 1.807) is 14.1 Å². The second kappa shape index (κ2) is 2.67. The fourth-order valence-corrected chi connectivity index (χ4v) is 1.34. The monoisotopic (exact) mass is 179 g/mol. The molecule has 0 saturated carbocycles. The molecular formula is C4H6ClN3OS. The number of rotatable bonds is 1. The van der Waals surface area contributed by atoms with Crippen molar-refractivity contribution in [2.45, 2.75) is 5.16 Å². The van der Waals surface area contributed by atoms with Crippen LogP contribution >= 0.6 is 21.7 Å². The third-order valence-corrected chi connectivity index (χ3v) is 2.06. The summed E-state index contributed by atoms with van der Waals surface area (Å²) in [6.07, 6.45) is 0. The van der Waals surface area contributed by atoms with E-state index in [-0.39, 0.29) is 5.69 Å². The second-order valence-corrected chi connectivity index (χ2v) is 2.81. The van der Waals surface area contributed by atoms with Gasteiger partial charge in [-0.05, 0) is 10.7 Å². The Morgan fingerprint density at radius 2 is 2.20 bits per heavy atom. The molecule has 0 spiro atoms. The van der Waals surface area contributed by atoms with Crippen LogP contribution in [0.2, 0.25) is 0 Å². The zero-order chi connectivity index (χ0) is 7.72. The van der Waals surface area contributed by atoms with Gasteiger partial charge in [0, 0.05) is 25.1 Å². The van der Waals surface area contributed by atoms with Gasteiger partial charge < -0.3 is 0 Å². The summed E-state index contributed by atoms with van der Waals surface area (Å²) in [5.41, 5.74) is -0.164. The Hall–Kier alpha value is -0.420. The van der Waals surface area contributed by atoms with Crippen LogP contribution in [0.15, 0.2) is 9.95 Å². The van der Waals surface area contributed by atoms with E-state index in [9.17, 15) is 4.79 Å². The van der Waals surface area contributed by atoms with Gasteiger partial charge in [0.25, 0.3) is 0 Å². The van der Waals surface area contributed by atoms with Crippen LogP contribution < -0.4 is 5.69 Å². The lowest BCUT2D eigenvalue weighted by atomic mass is 11.0. The molecule has 6 heteroatoms. The molecule has 1 aromatic heterocycles. The first-order valence-corrected chi connectivity index (χ1v) is 4.19. The summed E-state index contributed by atoms with van der Waals surface area (Å²) in [7, 11) is 9.54. The molecule has 0 N–H and O–H groups in total. The predicted octanol–water partition coefficient (Wildman–Crippen LogP) is 0.365. The van der Waals surface area contributed by atoms with Crippen molar-refractivity contribution in [3.8, 4) is 0 Å². The molecule has 0 aliphatic rings. The van der Waals surface area contributed by atoms with E-state index in [2.05, 4.69) is 5.10 Å². The van der Waals surface area contributed by atoms with Gasteiger partial charge in [-0.1, -0.05) is 0 Å². The van der Waals surface area contributed by atoms with Crippen molar-refractivity contribution >= 4 is 21.7 Å². The van der Waals surface area contributed by atoms with E-state index >= 15 is 0 Å². The topological polar surface area (TPSA) is 39.8 Å². The molecule has 0 aliphatic heterocycles. The Kier molecular flexibility index (Phi) is 2.05. The van der Waals surface area contributed by atoms with Gasteiger partial charge in [0.05, 0.1) is 0 Å². The van der Waals surface area contributed by atoms with Crippen LogP contribution in [0.5, 0.6) is 0 Å². The highest BCUT2D eigenvalue weighted by molar-refractivity contribution is 8.21. The summed E-state index contributed by atoms with van der Waals surface area (Å²) in [6.45, 7) is 0. The summed E-state index contributed by atoms with van der Waals surface area (Å²) in [4.78, 5) is 10.9. The first-order valence-electron chi connectivity index (χ1n) is 2.55. The van der Waals surface area contributed by atoms with Crippen LogP contribution in [0.4, 0.5) is 0 Å². The smallest absolute Gasteiger partial charge is 0.272 e. The van der Waals surface area contributed by atoms with Crippen LogP contribution in [-0.4, -0.2) is 14.3 Å². The maximum absolute atomic E-state index is 10.9. The van der Waals surface area contributed by atoms with Crippen molar-refractivity contribution in [3.05, 3.63) is 10.5 Å². The Bertz CT molecular complexity index is 291. The van der Waals surface area contributed by atoms with Crippen molar-refractivity contribution in [3.63, 3.8) is 0 Å². The average molecular weight is 180 g/mol. The number of halogens is 1. The van der Waals surface area contributed by atoms with Gasteiger partial charge in [-0.3, -0.25) is 4.57 Å². The second-order valence-electron chi connectivity index (χ2n) is 1.82. The molecule has 1 rings (SSSR count). The maximum Gasteiger partial charge on any atom is 0.346 e. The van der Waals surface area contributed by atoms with Crippen LogP contribution in [0.1, 0.15) is 0 Å². The van der Waals surface area contributed by atoms with Crippen LogP contribution in [0, 0.1) is 0 Å². The number of aryl methyl sites for hydroxylation is 1. The average Bonchev–Trinajstić information content (AvgIpc) is 2.17. The van der Waals surface area contributed by atoms with Crippen LogP contribution in [0.3, 0.4) is 0 Å². The first kappa shape index (κ1) is 7.68. The highest BCUT2D eigenvalue weighted by Gasteiger charge is 2.05. The summed E-state index contributed by atoms with van der Waals surface area (Å²) >= 11 is 0. The van der Waals surface area contributed by atoms with E-state index in [0.29, 0.717) is 5.16 Å². The predicted molar refractivity (Wildman–Crippen MR) is 40.2 cm³/mol. The largest absolute Gasteiger partial charge is 0.346 e. The number of aromatic nitrogens is 3. The molecule has 0 unspecified atom stereocenters. The molecule has 0 aromatic carbocycles. The molecule has 0 fully saturated rings. The first-order chi connectivity index (χ1) is 4.66. The minimum atomic E-state index is -0.164. The molecule has 10 heavy (non-hydrogen) atoms. The van der Waals surface area contributed by atoms with Gasteiger partial charge in [-0.15, -0.1) is 5.10 Å². The Morgan fingerprint density at radius 1 is 1.60 bits per heavy atom. The summed E-state index contributed by atoms with van der Waals surface area (Å²) in [6, 6.07) is 0. The molecule has 56 valence electrons. The Balaban J connectivity index is 3.31. The normalized spacial score (nSPS) is 10.3. The van der Waals surface area contributed by atoms with Gasteiger partial charge in [-0.2, -0.15) is 0 Å². The summed E-state index contributed by atoms with van der Waals surface area (Å²) in [5.74, 6) is 0. The Labute approximate surface area is 66.3 Å². The van der Waals surface area contributed by atoms with Gasteiger partial charge in [0.1, 0.15) is 0 Å². The maximum atomic E-state index is 10.9. The van der Waals surface area contributed by atoms with Crippen molar-refractivity contribution in [1.82, 2.24) is 14.3 Å². The highest BCUT2D eigenvalue weighted by atomic mass is 35.7. The number of nitrogens with zero attached hydrogens (tertiary/aromatic N) is 3. The van der Waals surface area contributed by atoms with E-state index in [1.165, 1.54) is 9.25 Å². The summed E-state index contributed by atoms with van der Waals surface area (Å²) in [5, 5.41) is 4.33. The van der Waals surface area contributed by atoms with Crippen LogP contribution in [-0.2, 0) is 14.1 Å². The van der Waals surface area contributed by atoms with Crippen molar-refractivity contribution in [1.29, 1.82) is 0 Å². The zero-order valence-electron chi connectivity index (χ0n) is 5.54. The van der Waals surface area contributed by atoms with Gasteiger partial charge >= 0.3 is 5.69 Å². The fraction of sp³-hybridized carbons (Fsp3) is 0.500. The molecule has 4 nitrogen and oxygen atoms in total. The van der Waals surface area contributed by atoms with E-state index < -0.39 is 0 Å². The number of hydrogen-bond donors (Lipinski definition) is 0. The molecule has 1 aromatic rings. The van der Waals surface area contributed by atoms with Crippen molar-refractivity contribution in [2.24, 2.45) is 14.1 Å². The van der Waals surface area contributed by atoms with Gasteiger partial charge in [0.2, 0.25) is 5.16 Å². The molecule has 0 saturated heterocycles. The van der Waals surface area contributed by atoms with Crippen LogP contribution in [0.25, 0.3) is 0 Å². The molecule has 0 atom stereocenters. The highest BCUT2D eigenvalue weighted by Crippen LogP contribution is 2.15. The Morgan fingerprint density at radius 3 is 2.40 bits per heavy atom. The molecule has 0 radical (unpaired) electrons. The molecular weight excluding hydrogens is 174 g/mol. The van der Waals surface area contributed by atoms with Crippen molar-refractivity contribution in [2.75, 3.05) is 0 Å². The third-order valence-electron chi connectivity index (χ3n) is 1.16.